The number of aromatic nitrogens is 1. The van der Waals surface area contributed by atoms with Crippen LogP contribution < -0.4 is 5.73 Å². The summed E-state index contributed by atoms with van der Waals surface area (Å²) in [6.45, 7) is 3.94. The molecule has 0 fully saturated rings. The summed E-state index contributed by atoms with van der Waals surface area (Å²) in [6, 6.07) is 3.89. The van der Waals surface area contributed by atoms with Crippen LogP contribution in [0.5, 0.6) is 0 Å². The molecular weight excluding hydrogens is 112 g/mol. The lowest BCUT2D eigenvalue weighted by atomic mass is 10.7. The Kier molecular flexibility index (Phi) is 6.19. The van der Waals surface area contributed by atoms with Crippen LogP contribution in [-0.2, 0) is 0 Å². The topological polar surface area (TPSA) is 41.8 Å². The number of H-pyrrole nitrogens is 1. The zero-order valence-electron chi connectivity index (χ0n) is 5.38. The summed E-state index contributed by atoms with van der Waals surface area (Å²) in [5.41, 5.74) is 4.91. The van der Waals surface area contributed by atoms with Crippen molar-refractivity contribution in [2.75, 3.05) is 6.54 Å². The van der Waals surface area contributed by atoms with Gasteiger partial charge in [-0.25, -0.2) is 0 Å². The van der Waals surface area contributed by atoms with E-state index in [-0.39, 0.29) is 0 Å². The third-order valence-corrected chi connectivity index (χ3v) is 0.663. The molecule has 0 amide bonds. The van der Waals surface area contributed by atoms with Crippen LogP contribution in [0, 0.1) is 0 Å². The van der Waals surface area contributed by atoms with Gasteiger partial charge in [0, 0.05) is 18.9 Å². The fourth-order valence-corrected chi connectivity index (χ4v) is 0.278. The summed E-state index contributed by atoms with van der Waals surface area (Å²) >= 11 is 0. The molecule has 1 aromatic rings. The van der Waals surface area contributed by atoms with Crippen molar-refractivity contribution in [1.29, 1.82) is 0 Å². The zero-order valence-corrected chi connectivity index (χ0v) is 5.38. The average molecular weight is 124 g/mol. The maximum absolute atomic E-state index is 4.91. The summed E-state index contributed by atoms with van der Waals surface area (Å²) in [7, 11) is 0. The van der Waals surface area contributed by atoms with E-state index in [0.29, 0.717) is 6.54 Å². The molecule has 0 unspecified atom stereocenters. The highest BCUT2D eigenvalue weighted by Crippen LogP contribution is 1.72. The second-order valence-electron chi connectivity index (χ2n) is 1.41. The van der Waals surface area contributed by atoms with E-state index in [1.54, 1.807) is 6.08 Å². The molecule has 2 nitrogen and oxygen atoms in total. The highest BCUT2D eigenvalue weighted by molar-refractivity contribution is 4.84. The van der Waals surface area contributed by atoms with Crippen molar-refractivity contribution < 1.29 is 0 Å². The number of hydrogen-bond donors (Lipinski definition) is 2. The molecule has 0 atom stereocenters. The molecule has 0 aliphatic rings. The van der Waals surface area contributed by atoms with Gasteiger partial charge in [-0.3, -0.25) is 0 Å². The van der Waals surface area contributed by atoms with Crippen LogP contribution in [0.2, 0.25) is 0 Å². The van der Waals surface area contributed by atoms with Gasteiger partial charge in [0.25, 0.3) is 0 Å². The quantitative estimate of drug-likeness (QED) is 0.542. The molecule has 0 spiro atoms. The molecule has 0 aromatic carbocycles. The van der Waals surface area contributed by atoms with Crippen LogP contribution >= 0.6 is 0 Å². The van der Waals surface area contributed by atoms with E-state index in [1.807, 2.05) is 24.5 Å². The third-order valence-electron chi connectivity index (χ3n) is 0.663. The smallest absolute Gasteiger partial charge is 0.0104 e. The van der Waals surface area contributed by atoms with Gasteiger partial charge in [-0.1, -0.05) is 6.08 Å². The van der Waals surface area contributed by atoms with Crippen molar-refractivity contribution in [3.8, 4) is 0 Å². The minimum absolute atomic E-state index is 0.583. The van der Waals surface area contributed by atoms with Gasteiger partial charge in [-0.2, -0.15) is 0 Å². The number of nitrogens with one attached hydrogen (secondary N) is 1. The molecule has 9 heavy (non-hydrogen) atoms. The number of aromatic amines is 1. The maximum atomic E-state index is 4.91. The molecule has 0 bridgehead atoms. The monoisotopic (exact) mass is 124 g/mol. The van der Waals surface area contributed by atoms with Crippen molar-refractivity contribution in [2.24, 2.45) is 5.73 Å². The Morgan fingerprint density at radius 1 is 1.44 bits per heavy atom. The van der Waals surface area contributed by atoms with E-state index in [0.717, 1.165) is 0 Å². The Morgan fingerprint density at radius 2 is 1.89 bits per heavy atom. The molecule has 0 saturated carbocycles. The normalized spacial score (nSPS) is 7.22. The average Bonchev–Trinajstić information content (AvgIpc) is 2.43. The Labute approximate surface area is 55.4 Å². The summed E-state index contributed by atoms with van der Waals surface area (Å²) in [5.74, 6) is 0. The SMILES string of the molecule is C=CCN.c1cc[nH]c1. The summed E-state index contributed by atoms with van der Waals surface area (Å²) < 4.78 is 0. The molecule has 0 aliphatic carbocycles. The van der Waals surface area contributed by atoms with Gasteiger partial charge in [-0.05, 0) is 12.1 Å². The van der Waals surface area contributed by atoms with Crippen LogP contribution in [0.1, 0.15) is 0 Å². The molecule has 50 valence electrons. The maximum Gasteiger partial charge on any atom is 0.0104 e. The summed E-state index contributed by atoms with van der Waals surface area (Å²) in [6.07, 6.45) is 5.40. The van der Waals surface area contributed by atoms with E-state index in [4.69, 9.17) is 5.73 Å². The van der Waals surface area contributed by atoms with Gasteiger partial charge >= 0.3 is 0 Å². The fourth-order valence-electron chi connectivity index (χ4n) is 0.278. The Balaban J connectivity index is 0.000000148. The van der Waals surface area contributed by atoms with Crippen molar-refractivity contribution in [3.05, 3.63) is 37.2 Å². The third kappa shape index (κ3) is 6.98. The zero-order chi connectivity index (χ0) is 6.95. The van der Waals surface area contributed by atoms with E-state index in [9.17, 15) is 0 Å². The van der Waals surface area contributed by atoms with Gasteiger partial charge in [-0.15, -0.1) is 6.58 Å². The number of hydrogen-bond acceptors (Lipinski definition) is 1. The second-order valence-corrected chi connectivity index (χ2v) is 1.41. The van der Waals surface area contributed by atoms with Gasteiger partial charge in [0.2, 0.25) is 0 Å². The van der Waals surface area contributed by atoms with Crippen molar-refractivity contribution in [2.45, 2.75) is 0 Å². The van der Waals surface area contributed by atoms with Gasteiger partial charge < -0.3 is 10.7 Å². The number of rotatable bonds is 1. The highest BCUT2D eigenvalue weighted by Gasteiger charge is 1.55. The van der Waals surface area contributed by atoms with Crippen molar-refractivity contribution >= 4 is 0 Å². The lowest BCUT2D eigenvalue weighted by molar-refractivity contribution is 1.26. The Bertz CT molecular complexity index is 104. The van der Waals surface area contributed by atoms with E-state index in [1.165, 1.54) is 0 Å². The summed E-state index contributed by atoms with van der Waals surface area (Å²) in [4.78, 5) is 2.86. The fraction of sp³-hybridized carbons (Fsp3) is 0.143. The van der Waals surface area contributed by atoms with Crippen molar-refractivity contribution in [1.82, 2.24) is 4.98 Å². The predicted octanol–water partition coefficient (Wildman–Crippen LogP) is 1.15. The van der Waals surface area contributed by atoms with Crippen molar-refractivity contribution in [3.63, 3.8) is 0 Å². The Hall–Kier alpha value is -1.02. The molecule has 3 N–H and O–H groups in total. The van der Waals surface area contributed by atoms with Gasteiger partial charge in [0.15, 0.2) is 0 Å². The lowest BCUT2D eigenvalue weighted by Crippen LogP contribution is -1.90. The number of nitrogens with two attached hydrogens (primary N) is 1. The van der Waals surface area contributed by atoms with Crippen LogP contribution in [0.25, 0.3) is 0 Å². The van der Waals surface area contributed by atoms with Gasteiger partial charge in [0.1, 0.15) is 0 Å². The first-order chi connectivity index (χ1) is 4.41. The molecule has 0 radical (unpaired) electrons. The predicted molar refractivity (Wildman–Crippen MR) is 40.0 cm³/mol. The van der Waals surface area contributed by atoms with Crippen LogP contribution in [0.15, 0.2) is 37.2 Å². The van der Waals surface area contributed by atoms with Crippen LogP contribution in [-0.4, -0.2) is 11.5 Å². The molecule has 2 heteroatoms. The van der Waals surface area contributed by atoms with E-state index in [2.05, 4.69) is 11.6 Å². The molecule has 1 aromatic heterocycles. The lowest BCUT2D eigenvalue weighted by Gasteiger charge is -1.61. The Morgan fingerprint density at radius 3 is 2.00 bits per heavy atom. The minimum atomic E-state index is 0.583. The first-order valence-corrected chi connectivity index (χ1v) is 2.80. The summed E-state index contributed by atoms with van der Waals surface area (Å²) in [5, 5.41) is 0. The van der Waals surface area contributed by atoms with Crippen LogP contribution in [0.4, 0.5) is 0 Å². The largest absolute Gasteiger partial charge is 0.368 e. The van der Waals surface area contributed by atoms with E-state index < -0.39 is 0 Å². The van der Waals surface area contributed by atoms with Gasteiger partial charge in [0.05, 0.1) is 0 Å². The molecule has 1 rings (SSSR count). The molecule has 1 heterocycles. The molecular formula is C7H12N2. The van der Waals surface area contributed by atoms with Crippen LogP contribution in [0.3, 0.4) is 0 Å². The first-order valence-electron chi connectivity index (χ1n) is 2.80. The van der Waals surface area contributed by atoms with E-state index >= 15 is 0 Å². The first kappa shape index (κ1) is 7.98. The molecule has 0 saturated heterocycles. The standard InChI is InChI=1S/C4H5N.C3H7N/c1-2-4-5-3-1;1-2-3-4/h1-5H;2H,1,3-4H2. The second kappa shape index (κ2) is 6.98. The highest BCUT2D eigenvalue weighted by atomic mass is 14.6. The minimum Gasteiger partial charge on any atom is -0.368 e. The molecule has 0 aliphatic heterocycles.